The van der Waals surface area contributed by atoms with Crippen LogP contribution in [0, 0.1) is 20.8 Å². The molecule has 3 heteroatoms. The topological polar surface area (TPSA) is 18.5 Å². The summed E-state index contributed by atoms with van der Waals surface area (Å²) in [5, 5.41) is 0.247. The first kappa shape index (κ1) is 24.7. The van der Waals surface area contributed by atoms with E-state index in [9.17, 15) is 0 Å². The molecule has 0 bridgehead atoms. The van der Waals surface area contributed by atoms with Gasteiger partial charge in [0, 0.05) is 0 Å². The van der Waals surface area contributed by atoms with Gasteiger partial charge in [-0.15, -0.1) is 0 Å². The Morgan fingerprint density at radius 1 is 1.11 bits per heavy atom. The van der Waals surface area contributed by atoms with Crippen molar-refractivity contribution in [3.05, 3.63) is 52.6 Å². The molecule has 0 aliphatic carbocycles. The molecule has 0 N–H and O–H groups in total. The van der Waals surface area contributed by atoms with Gasteiger partial charge in [0.2, 0.25) is 0 Å². The minimum atomic E-state index is -1.69. The highest BCUT2D eigenvalue weighted by Crippen LogP contribution is 2.36. The van der Waals surface area contributed by atoms with E-state index in [4.69, 9.17) is 9.16 Å². The van der Waals surface area contributed by atoms with Crippen LogP contribution in [0.5, 0.6) is 5.75 Å². The van der Waals surface area contributed by atoms with Gasteiger partial charge in [0.05, 0.1) is 6.61 Å². The number of hydrogen-bond acceptors (Lipinski definition) is 2. The van der Waals surface area contributed by atoms with Crippen LogP contribution in [-0.2, 0) is 4.43 Å². The number of hydrogen-bond donors (Lipinski definition) is 0. The van der Waals surface area contributed by atoms with Crippen LogP contribution in [0.1, 0.15) is 64.2 Å². The lowest BCUT2D eigenvalue weighted by Gasteiger charge is -2.35. The summed E-state index contributed by atoms with van der Waals surface area (Å²) in [6, 6.07) is 4.36. The average molecular weight is 403 g/mol. The zero-order valence-corrected chi connectivity index (χ0v) is 21.0. The highest BCUT2D eigenvalue weighted by Gasteiger charge is 2.36. The summed E-state index contributed by atoms with van der Waals surface area (Å²) in [7, 11) is -1.69. The summed E-state index contributed by atoms with van der Waals surface area (Å²) in [5.74, 6) is 1.00. The van der Waals surface area contributed by atoms with Crippen molar-refractivity contribution in [2.45, 2.75) is 92.5 Å². The van der Waals surface area contributed by atoms with Gasteiger partial charge in [0.15, 0.2) is 8.32 Å². The molecule has 1 unspecified atom stereocenters. The predicted molar refractivity (Wildman–Crippen MR) is 126 cm³/mol. The van der Waals surface area contributed by atoms with Gasteiger partial charge in [-0.3, -0.25) is 0 Å². The van der Waals surface area contributed by atoms with E-state index >= 15 is 0 Å². The lowest BCUT2D eigenvalue weighted by atomic mass is 10.0. The van der Waals surface area contributed by atoms with Gasteiger partial charge in [-0.1, -0.05) is 56.7 Å². The highest BCUT2D eigenvalue weighted by molar-refractivity contribution is 6.74. The van der Waals surface area contributed by atoms with Crippen LogP contribution in [0.2, 0.25) is 18.1 Å². The van der Waals surface area contributed by atoms with Gasteiger partial charge in [0.25, 0.3) is 0 Å². The van der Waals surface area contributed by atoms with Crippen molar-refractivity contribution in [3.8, 4) is 5.75 Å². The van der Waals surface area contributed by atoms with Gasteiger partial charge in [0.1, 0.15) is 11.9 Å². The van der Waals surface area contributed by atoms with Crippen LogP contribution in [0.4, 0.5) is 0 Å². The van der Waals surface area contributed by atoms with Crippen molar-refractivity contribution < 1.29 is 9.16 Å². The molecule has 0 aliphatic heterocycles. The Kier molecular flexibility index (Phi) is 8.77. The standard InChI is InChI=1S/C25H42O2Si/c1-18(2)23(27-24-21(5)16-20(4)17-22(24)6)13-12-19(3)14-15-26-28(10,11)25(7,8)9/h14,16-17,23H,1,12-13,15H2,2-11H3/b19-14+. The van der Waals surface area contributed by atoms with Crippen LogP contribution < -0.4 is 4.74 Å². The average Bonchev–Trinajstić information content (AvgIpc) is 2.51. The third-order valence-electron chi connectivity index (χ3n) is 5.90. The Labute approximate surface area is 175 Å². The molecule has 28 heavy (non-hydrogen) atoms. The predicted octanol–water partition coefficient (Wildman–Crippen LogP) is 7.68. The molecule has 0 saturated carbocycles. The van der Waals surface area contributed by atoms with Gasteiger partial charge in [-0.25, -0.2) is 0 Å². The van der Waals surface area contributed by atoms with Gasteiger partial charge < -0.3 is 9.16 Å². The molecule has 0 spiro atoms. The van der Waals surface area contributed by atoms with Crippen LogP contribution >= 0.6 is 0 Å². The Bertz CT molecular complexity index is 685. The Morgan fingerprint density at radius 2 is 1.64 bits per heavy atom. The van der Waals surface area contributed by atoms with Crippen LogP contribution in [0.15, 0.2) is 35.9 Å². The van der Waals surface area contributed by atoms with Crippen LogP contribution in [-0.4, -0.2) is 21.0 Å². The monoisotopic (exact) mass is 402 g/mol. The lowest BCUT2D eigenvalue weighted by molar-refractivity contribution is 0.224. The summed E-state index contributed by atoms with van der Waals surface area (Å²) < 4.78 is 12.7. The molecule has 2 nitrogen and oxygen atoms in total. The molecule has 158 valence electrons. The van der Waals surface area contributed by atoms with E-state index in [-0.39, 0.29) is 11.1 Å². The largest absolute Gasteiger partial charge is 0.486 e. The first-order chi connectivity index (χ1) is 12.7. The zero-order valence-electron chi connectivity index (χ0n) is 20.0. The second-order valence-electron chi connectivity index (χ2n) is 9.84. The number of ether oxygens (including phenoxy) is 1. The first-order valence-electron chi connectivity index (χ1n) is 10.4. The molecule has 0 aromatic heterocycles. The number of rotatable bonds is 9. The molecule has 1 rings (SSSR count). The Balaban J connectivity index is 2.70. The second kappa shape index (κ2) is 9.93. The minimum absolute atomic E-state index is 0.0322. The van der Waals surface area contributed by atoms with Gasteiger partial charge in [-0.2, -0.15) is 0 Å². The van der Waals surface area contributed by atoms with E-state index in [0.717, 1.165) is 24.2 Å². The van der Waals surface area contributed by atoms with E-state index in [1.807, 2.05) is 0 Å². The van der Waals surface area contributed by atoms with Crippen molar-refractivity contribution in [3.63, 3.8) is 0 Å². The molecule has 0 saturated heterocycles. The number of benzene rings is 1. The Hall–Kier alpha value is -1.32. The fourth-order valence-electron chi connectivity index (χ4n) is 2.97. The van der Waals surface area contributed by atoms with Gasteiger partial charge >= 0.3 is 0 Å². The molecule has 0 heterocycles. The summed E-state index contributed by atoms with van der Waals surface area (Å²) >= 11 is 0. The molecule has 0 radical (unpaired) electrons. The highest BCUT2D eigenvalue weighted by atomic mass is 28.4. The van der Waals surface area contributed by atoms with E-state index in [0.29, 0.717) is 6.61 Å². The maximum atomic E-state index is 6.40. The molecular weight excluding hydrogens is 360 g/mol. The molecular formula is C25H42O2Si. The third-order valence-corrected chi connectivity index (χ3v) is 10.4. The van der Waals surface area contributed by atoms with Crippen LogP contribution in [0.25, 0.3) is 0 Å². The van der Waals surface area contributed by atoms with Crippen LogP contribution in [0.3, 0.4) is 0 Å². The van der Waals surface area contributed by atoms with Crippen molar-refractivity contribution >= 4 is 8.32 Å². The summed E-state index contributed by atoms with van der Waals surface area (Å²) in [5.41, 5.74) is 6.09. The van der Waals surface area contributed by atoms with E-state index in [1.165, 1.54) is 22.3 Å². The maximum Gasteiger partial charge on any atom is 0.192 e. The summed E-state index contributed by atoms with van der Waals surface area (Å²) in [4.78, 5) is 0. The normalized spacial score (nSPS) is 14.1. The van der Waals surface area contributed by atoms with E-state index in [2.05, 4.69) is 93.3 Å². The quantitative estimate of drug-likeness (QED) is 0.311. The fourth-order valence-corrected chi connectivity index (χ4v) is 3.90. The van der Waals surface area contributed by atoms with E-state index < -0.39 is 8.32 Å². The summed E-state index contributed by atoms with van der Waals surface area (Å²) in [6.45, 7) is 26.9. The second-order valence-corrected chi connectivity index (χ2v) is 14.7. The van der Waals surface area contributed by atoms with Crippen molar-refractivity contribution in [2.24, 2.45) is 0 Å². The lowest BCUT2D eigenvalue weighted by Crippen LogP contribution is -2.40. The zero-order chi connectivity index (χ0) is 21.7. The smallest absolute Gasteiger partial charge is 0.192 e. The molecule has 1 aromatic carbocycles. The molecule has 1 atom stereocenters. The molecule has 0 amide bonds. The summed E-state index contributed by atoms with van der Waals surface area (Å²) in [6.07, 6.45) is 4.19. The molecule has 0 aliphatic rings. The van der Waals surface area contributed by atoms with Crippen molar-refractivity contribution in [2.75, 3.05) is 6.61 Å². The number of allylic oxidation sites excluding steroid dienone is 1. The Morgan fingerprint density at radius 3 is 2.11 bits per heavy atom. The first-order valence-corrected chi connectivity index (χ1v) is 13.3. The maximum absolute atomic E-state index is 6.40. The molecule has 0 fully saturated rings. The van der Waals surface area contributed by atoms with Crippen molar-refractivity contribution in [1.29, 1.82) is 0 Å². The SMILES string of the molecule is C=C(C)C(CC/C(C)=C/CO[Si](C)(C)C(C)(C)C)Oc1c(C)cc(C)cc1C. The molecule has 1 aromatic rings. The minimum Gasteiger partial charge on any atom is -0.486 e. The van der Waals surface area contributed by atoms with E-state index in [1.54, 1.807) is 0 Å². The number of aryl methyl sites for hydroxylation is 3. The van der Waals surface area contributed by atoms with Gasteiger partial charge in [-0.05, 0) is 82.3 Å². The fraction of sp³-hybridized carbons (Fsp3) is 0.600. The van der Waals surface area contributed by atoms with Crippen molar-refractivity contribution in [1.82, 2.24) is 0 Å². The third kappa shape index (κ3) is 7.25.